The first-order chi connectivity index (χ1) is 17.0. The van der Waals surface area contributed by atoms with E-state index in [-0.39, 0.29) is 17.5 Å². The van der Waals surface area contributed by atoms with E-state index in [0.29, 0.717) is 17.1 Å². The quantitative estimate of drug-likeness (QED) is 0.475. The second kappa shape index (κ2) is 11.1. The fraction of sp³-hybridized carbons (Fsp3) is 0.333. The molecule has 2 amide bonds. The summed E-state index contributed by atoms with van der Waals surface area (Å²) in [5, 5.41) is 3.10. The third-order valence-corrected chi connectivity index (χ3v) is 6.24. The SMILES string of the molecule is COc1ccc(C(C(=O)NC2CCCCC2)N(C(=O)c2ccco2)c2ccccc2F)cc1OC. The normalized spacial score (nSPS) is 14.7. The van der Waals surface area contributed by atoms with Gasteiger partial charge in [0.25, 0.3) is 5.91 Å². The van der Waals surface area contributed by atoms with E-state index in [0.717, 1.165) is 37.0 Å². The number of nitrogens with one attached hydrogen (secondary N) is 1. The monoisotopic (exact) mass is 480 g/mol. The number of rotatable bonds is 8. The van der Waals surface area contributed by atoms with Crippen molar-refractivity contribution in [3.8, 4) is 11.5 Å². The third kappa shape index (κ3) is 5.31. The molecule has 1 aliphatic rings. The van der Waals surface area contributed by atoms with Crippen LogP contribution in [0.25, 0.3) is 0 Å². The number of halogens is 1. The minimum absolute atomic E-state index is 0.0100. The van der Waals surface area contributed by atoms with Crippen molar-refractivity contribution in [2.45, 2.75) is 44.2 Å². The molecule has 1 unspecified atom stereocenters. The molecular weight excluding hydrogens is 451 g/mol. The van der Waals surface area contributed by atoms with Crippen LogP contribution in [0.3, 0.4) is 0 Å². The predicted octanol–water partition coefficient (Wildman–Crippen LogP) is 5.27. The number of ether oxygens (including phenoxy) is 2. The van der Waals surface area contributed by atoms with E-state index in [4.69, 9.17) is 13.9 Å². The molecule has 1 atom stereocenters. The Kier molecular flexibility index (Phi) is 7.70. The Hall–Kier alpha value is -3.81. The van der Waals surface area contributed by atoms with Gasteiger partial charge in [-0.15, -0.1) is 0 Å². The zero-order chi connectivity index (χ0) is 24.8. The number of amides is 2. The van der Waals surface area contributed by atoms with Crippen LogP contribution in [0, 0.1) is 5.82 Å². The van der Waals surface area contributed by atoms with Crippen LogP contribution >= 0.6 is 0 Å². The number of benzene rings is 2. The molecule has 1 fully saturated rings. The van der Waals surface area contributed by atoms with Crippen LogP contribution in [0.2, 0.25) is 0 Å². The fourth-order valence-corrected chi connectivity index (χ4v) is 4.50. The summed E-state index contributed by atoms with van der Waals surface area (Å²) in [7, 11) is 3.00. The topological polar surface area (TPSA) is 81.0 Å². The average molecular weight is 481 g/mol. The second-order valence-corrected chi connectivity index (χ2v) is 8.46. The summed E-state index contributed by atoms with van der Waals surface area (Å²) in [4.78, 5) is 28.7. The molecule has 1 aromatic heterocycles. The maximum atomic E-state index is 15.1. The summed E-state index contributed by atoms with van der Waals surface area (Å²) in [6, 6.07) is 12.7. The van der Waals surface area contributed by atoms with E-state index in [9.17, 15) is 9.59 Å². The zero-order valence-electron chi connectivity index (χ0n) is 19.8. The number of anilines is 1. The molecular formula is C27H29FN2O5. The van der Waals surface area contributed by atoms with Crippen molar-refractivity contribution in [2.24, 2.45) is 0 Å². The number of carbonyl (C=O) groups excluding carboxylic acids is 2. The lowest BCUT2D eigenvalue weighted by Gasteiger charge is -2.33. The number of hydrogen-bond acceptors (Lipinski definition) is 5. The van der Waals surface area contributed by atoms with Gasteiger partial charge in [-0.05, 0) is 54.8 Å². The van der Waals surface area contributed by atoms with Gasteiger partial charge in [0.1, 0.15) is 11.9 Å². The van der Waals surface area contributed by atoms with Crippen LogP contribution in [-0.4, -0.2) is 32.1 Å². The first kappa shape index (κ1) is 24.3. The zero-order valence-corrected chi connectivity index (χ0v) is 19.8. The Morgan fingerprint density at radius 1 is 1.00 bits per heavy atom. The summed E-state index contributed by atoms with van der Waals surface area (Å²) < 4.78 is 31.2. The maximum absolute atomic E-state index is 15.1. The Labute approximate surface area is 203 Å². The Morgan fingerprint density at radius 3 is 2.40 bits per heavy atom. The standard InChI is InChI=1S/C27H29FN2O5/c1-33-22-15-14-18(17-24(22)34-2)25(26(31)29-19-9-4-3-5-10-19)30(21-12-7-6-11-20(21)28)27(32)23-13-8-16-35-23/h6-8,11-17,19,25H,3-5,9-10H2,1-2H3,(H,29,31). The fourth-order valence-electron chi connectivity index (χ4n) is 4.50. The van der Waals surface area contributed by atoms with Gasteiger partial charge < -0.3 is 19.2 Å². The van der Waals surface area contributed by atoms with Crippen LogP contribution in [0.5, 0.6) is 11.5 Å². The maximum Gasteiger partial charge on any atom is 0.295 e. The summed E-state index contributed by atoms with van der Waals surface area (Å²) in [5.41, 5.74) is 0.409. The average Bonchev–Trinajstić information content (AvgIpc) is 3.43. The molecule has 1 N–H and O–H groups in total. The molecule has 7 nitrogen and oxygen atoms in total. The number of para-hydroxylation sites is 1. The Morgan fingerprint density at radius 2 is 1.74 bits per heavy atom. The number of furan rings is 1. The van der Waals surface area contributed by atoms with Gasteiger partial charge in [0, 0.05) is 6.04 Å². The molecule has 35 heavy (non-hydrogen) atoms. The smallest absolute Gasteiger partial charge is 0.295 e. The molecule has 1 aliphatic carbocycles. The first-order valence-corrected chi connectivity index (χ1v) is 11.7. The van der Waals surface area contributed by atoms with Gasteiger partial charge in [0.2, 0.25) is 5.91 Å². The van der Waals surface area contributed by atoms with Gasteiger partial charge in [-0.25, -0.2) is 4.39 Å². The lowest BCUT2D eigenvalue weighted by Crippen LogP contribution is -2.47. The van der Waals surface area contributed by atoms with Gasteiger partial charge >= 0.3 is 0 Å². The molecule has 2 aromatic carbocycles. The summed E-state index contributed by atoms with van der Waals surface area (Å²) in [6.07, 6.45) is 6.25. The number of hydrogen-bond donors (Lipinski definition) is 1. The van der Waals surface area contributed by atoms with E-state index in [1.807, 2.05) is 0 Å². The number of carbonyl (C=O) groups is 2. The summed E-state index contributed by atoms with van der Waals surface area (Å²) in [6.45, 7) is 0. The molecule has 8 heteroatoms. The predicted molar refractivity (Wildman–Crippen MR) is 129 cm³/mol. The second-order valence-electron chi connectivity index (χ2n) is 8.46. The van der Waals surface area contributed by atoms with Crippen LogP contribution in [0.15, 0.2) is 65.3 Å². The first-order valence-electron chi connectivity index (χ1n) is 11.7. The summed E-state index contributed by atoms with van der Waals surface area (Å²) >= 11 is 0. The van der Waals surface area contributed by atoms with Gasteiger partial charge in [0.05, 0.1) is 26.2 Å². The van der Waals surface area contributed by atoms with Gasteiger partial charge in [0.15, 0.2) is 17.3 Å². The van der Waals surface area contributed by atoms with E-state index >= 15 is 4.39 Å². The lowest BCUT2D eigenvalue weighted by molar-refractivity contribution is -0.123. The molecule has 0 radical (unpaired) electrons. The molecule has 184 valence electrons. The van der Waals surface area contributed by atoms with E-state index in [1.165, 1.54) is 44.7 Å². The van der Waals surface area contributed by atoms with Crippen LogP contribution in [0.1, 0.15) is 54.3 Å². The largest absolute Gasteiger partial charge is 0.493 e. The highest BCUT2D eigenvalue weighted by molar-refractivity contribution is 6.08. The van der Waals surface area contributed by atoms with Gasteiger partial charge in [-0.3, -0.25) is 14.5 Å². The summed E-state index contributed by atoms with van der Waals surface area (Å²) in [5.74, 6) is -0.838. The minimum atomic E-state index is -1.19. The number of nitrogens with zero attached hydrogens (tertiary/aromatic N) is 1. The van der Waals surface area contributed by atoms with Crippen molar-refractivity contribution in [2.75, 3.05) is 19.1 Å². The van der Waals surface area contributed by atoms with E-state index < -0.39 is 23.7 Å². The van der Waals surface area contributed by atoms with Crippen LogP contribution in [-0.2, 0) is 4.79 Å². The highest BCUT2D eigenvalue weighted by Crippen LogP contribution is 2.36. The van der Waals surface area contributed by atoms with Gasteiger partial charge in [-0.1, -0.05) is 37.5 Å². The Balaban J connectivity index is 1.84. The number of methoxy groups -OCH3 is 2. The van der Waals surface area contributed by atoms with Crippen molar-refractivity contribution in [3.63, 3.8) is 0 Å². The molecule has 3 aromatic rings. The Bertz CT molecular complexity index is 1160. The minimum Gasteiger partial charge on any atom is -0.493 e. The van der Waals surface area contributed by atoms with Crippen molar-refractivity contribution in [3.05, 3.63) is 78.0 Å². The van der Waals surface area contributed by atoms with Crippen molar-refractivity contribution < 1.29 is 27.9 Å². The van der Waals surface area contributed by atoms with Gasteiger partial charge in [-0.2, -0.15) is 0 Å². The van der Waals surface area contributed by atoms with E-state index in [1.54, 1.807) is 30.3 Å². The van der Waals surface area contributed by atoms with Crippen LogP contribution < -0.4 is 19.7 Å². The molecule has 0 aliphatic heterocycles. The third-order valence-electron chi connectivity index (χ3n) is 6.24. The highest BCUT2D eigenvalue weighted by atomic mass is 19.1. The van der Waals surface area contributed by atoms with Crippen molar-refractivity contribution in [1.82, 2.24) is 5.32 Å². The van der Waals surface area contributed by atoms with Crippen molar-refractivity contribution in [1.29, 1.82) is 0 Å². The lowest BCUT2D eigenvalue weighted by atomic mass is 9.94. The van der Waals surface area contributed by atoms with Crippen LogP contribution in [0.4, 0.5) is 10.1 Å². The molecule has 1 heterocycles. The molecule has 0 saturated heterocycles. The molecule has 0 bridgehead atoms. The van der Waals surface area contributed by atoms with Crippen molar-refractivity contribution >= 4 is 17.5 Å². The van der Waals surface area contributed by atoms with E-state index in [2.05, 4.69) is 5.32 Å². The molecule has 0 spiro atoms. The molecule has 1 saturated carbocycles. The molecule has 4 rings (SSSR count). The highest BCUT2D eigenvalue weighted by Gasteiger charge is 2.37.